The highest BCUT2D eigenvalue weighted by Gasteiger charge is 2.31. The summed E-state index contributed by atoms with van der Waals surface area (Å²) in [5, 5.41) is 0. The van der Waals surface area contributed by atoms with Crippen LogP contribution in [0.4, 0.5) is 10.1 Å². The molecule has 5 nitrogen and oxygen atoms in total. The number of halogens is 1. The van der Waals surface area contributed by atoms with E-state index in [0.717, 1.165) is 6.07 Å². The van der Waals surface area contributed by atoms with E-state index in [0.29, 0.717) is 13.2 Å². The van der Waals surface area contributed by atoms with Crippen molar-refractivity contribution in [3.8, 4) is 0 Å². The zero-order chi connectivity index (χ0) is 13.3. The molecular formula is C11H15FN2O3S. The first-order chi connectivity index (χ1) is 8.43. The van der Waals surface area contributed by atoms with Crippen molar-refractivity contribution in [3.05, 3.63) is 24.0 Å². The molecule has 0 saturated carbocycles. The number of nitrogen functional groups attached to an aromatic ring is 1. The van der Waals surface area contributed by atoms with E-state index in [1.54, 1.807) is 6.92 Å². The summed E-state index contributed by atoms with van der Waals surface area (Å²) in [4.78, 5) is -0.0806. The molecule has 2 N–H and O–H groups in total. The molecule has 0 aromatic heterocycles. The van der Waals surface area contributed by atoms with Gasteiger partial charge in [-0.15, -0.1) is 0 Å². The standard InChI is InChI=1S/C11H15FN2O3S/c1-8-7-17-5-4-14(8)18(15,16)9-2-3-11(13)10(12)6-9/h2-3,6,8H,4-5,7,13H2,1H3/t8-/m1/s1. The summed E-state index contributed by atoms with van der Waals surface area (Å²) in [5.41, 5.74) is 5.27. The van der Waals surface area contributed by atoms with Gasteiger partial charge < -0.3 is 10.5 Å². The molecular weight excluding hydrogens is 259 g/mol. The Morgan fingerprint density at radius 1 is 1.50 bits per heavy atom. The molecule has 0 radical (unpaired) electrons. The zero-order valence-electron chi connectivity index (χ0n) is 9.97. The Morgan fingerprint density at radius 2 is 2.22 bits per heavy atom. The smallest absolute Gasteiger partial charge is 0.243 e. The van der Waals surface area contributed by atoms with Crippen LogP contribution in [0.1, 0.15) is 6.92 Å². The minimum absolute atomic E-state index is 0.0658. The van der Waals surface area contributed by atoms with E-state index >= 15 is 0 Å². The van der Waals surface area contributed by atoms with Gasteiger partial charge in [0.2, 0.25) is 10.0 Å². The van der Waals surface area contributed by atoms with Gasteiger partial charge in [-0.25, -0.2) is 12.8 Å². The van der Waals surface area contributed by atoms with Crippen LogP contribution in [0.2, 0.25) is 0 Å². The maximum absolute atomic E-state index is 13.3. The summed E-state index contributed by atoms with van der Waals surface area (Å²) >= 11 is 0. The number of sulfonamides is 1. The van der Waals surface area contributed by atoms with Crippen LogP contribution in [0, 0.1) is 5.82 Å². The van der Waals surface area contributed by atoms with Crippen molar-refractivity contribution in [1.29, 1.82) is 0 Å². The van der Waals surface area contributed by atoms with Gasteiger partial charge in [0.15, 0.2) is 0 Å². The molecule has 1 fully saturated rings. The highest BCUT2D eigenvalue weighted by Crippen LogP contribution is 2.23. The van der Waals surface area contributed by atoms with E-state index in [-0.39, 0.29) is 23.2 Å². The molecule has 0 unspecified atom stereocenters. The lowest BCUT2D eigenvalue weighted by Crippen LogP contribution is -2.46. The van der Waals surface area contributed by atoms with Crippen LogP contribution in [-0.4, -0.2) is 38.5 Å². The van der Waals surface area contributed by atoms with Crippen LogP contribution in [0.3, 0.4) is 0 Å². The maximum atomic E-state index is 13.3. The molecule has 1 heterocycles. The SMILES string of the molecule is C[C@@H]1COCCN1S(=O)(=O)c1ccc(N)c(F)c1. The minimum Gasteiger partial charge on any atom is -0.396 e. The Labute approximate surface area is 105 Å². The summed E-state index contributed by atoms with van der Waals surface area (Å²) in [6.45, 7) is 2.72. The van der Waals surface area contributed by atoms with Crippen molar-refractivity contribution in [3.63, 3.8) is 0 Å². The Balaban J connectivity index is 2.37. The van der Waals surface area contributed by atoms with Gasteiger partial charge in [-0.2, -0.15) is 4.31 Å². The van der Waals surface area contributed by atoms with Crippen LogP contribution in [0.25, 0.3) is 0 Å². The fourth-order valence-corrected chi connectivity index (χ4v) is 3.49. The Bertz CT molecular complexity index is 547. The molecule has 0 amide bonds. The molecule has 2 rings (SSSR count). The first-order valence-corrected chi connectivity index (χ1v) is 7.01. The summed E-state index contributed by atoms with van der Waals surface area (Å²) in [5.74, 6) is -0.725. The summed E-state index contributed by atoms with van der Waals surface area (Å²) in [7, 11) is -3.69. The van der Waals surface area contributed by atoms with Gasteiger partial charge in [0, 0.05) is 12.6 Å². The van der Waals surface area contributed by atoms with Crippen LogP contribution < -0.4 is 5.73 Å². The number of nitrogens with two attached hydrogens (primary N) is 1. The van der Waals surface area contributed by atoms with E-state index in [9.17, 15) is 12.8 Å². The predicted octanol–water partition coefficient (Wildman–Crippen LogP) is 0.817. The maximum Gasteiger partial charge on any atom is 0.243 e. The summed E-state index contributed by atoms with van der Waals surface area (Å²) in [6, 6.07) is 3.26. The van der Waals surface area contributed by atoms with Gasteiger partial charge in [-0.3, -0.25) is 0 Å². The lowest BCUT2D eigenvalue weighted by molar-refractivity contribution is 0.0392. The average Bonchev–Trinajstić information content (AvgIpc) is 2.33. The molecule has 1 saturated heterocycles. The van der Waals surface area contributed by atoms with E-state index in [1.807, 2.05) is 0 Å². The molecule has 7 heteroatoms. The van der Waals surface area contributed by atoms with Crippen molar-refractivity contribution < 1.29 is 17.5 Å². The number of rotatable bonds is 2. The topological polar surface area (TPSA) is 72.6 Å². The molecule has 0 aliphatic carbocycles. The van der Waals surface area contributed by atoms with Crippen LogP contribution in [0.15, 0.2) is 23.1 Å². The molecule has 1 aromatic carbocycles. The quantitative estimate of drug-likeness (QED) is 0.810. The second-order valence-electron chi connectivity index (χ2n) is 4.22. The van der Waals surface area contributed by atoms with Crippen molar-refractivity contribution in [1.82, 2.24) is 4.31 Å². The number of nitrogens with zero attached hydrogens (tertiary/aromatic N) is 1. The lowest BCUT2D eigenvalue weighted by Gasteiger charge is -2.32. The molecule has 1 atom stereocenters. The van der Waals surface area contributed by atoms with E-state index in [4.69, 9.17) is 10.5 Å². The summed E-state index contributed by atoms with van der Waals surface area (Å²) in [6.07, 6.45) is 0. The highest BCUT2D eigenvalue weighted by atomic mass is 32.2. The van der Waals surface area contributed by atoms with Crippen molar-refractivity contribution in [2.45, 2.75) is 17.9 Å². The normalized spacial score (nSPS) is 22.0. The summed E-state index contributed by atoms with van der Waals surface area (Å²) < 4.78 is 44.5. The number of hydrogen-bond acceptors (Lipinski definition) is 4. The van der Waals surface area contributed by atoms with E-state index in [1.165, 1.54) is 16.4 Å². The van der Waals surface area contributed by atoms with Crippen LogP contribution in [0.5, 0.6) is 0 Å². The first-order valence-electron chi connectivity index (χ1n) is 5.57. The number of benzene rings is 1. The van der Waals surface area contributed by atoms with Crippen molar-refractivity contribution in [2.75, 3.05) is 25.5 Å². The highest BCUT2D eigenvalue weighted by molar-refractivity contribution is 7.89. The van der Waals surface area contributed by atoms with Gasteiger partial charge >= 0.3 is 0 Å². The average molecular weight is 274 g/mol. The van der Waals surface area contributed by atoms with Gasteiger partial charge in [-0.05, 0) is 25.1 Å². The number of ether oxygens (including phenoxy) is 1. The second kappa shape index (κ2) is 4.83. The van der Waals surface area contributed by atoms with Crippen LogP contribution in [-0.2, 0) is 14.8 Å². The molecule has 0 spiro atoms. The van der Waals surface area contributed by atoms with Crippen LogP contribution >= 0.6 is 0 Å². The van der Waals surface area contributed by atoms with Crippen molar-refractivity contribution >= 4 is 15.7 Å². The third-order valence-corrected chi connectivity index (χ3v) is 4.89. The minimum atomic E-state index is -3.69. The van der Waals surface area contributed by atoms with Gasteiger partial charge in [0.25, 0.3) is 0 Å². The number of anilines is 1. The lowest BCUT2D eigenvalue weighted by atomic mass is 10.3. The predicted molar refractivity (Wildman–Crippen MR) is 65.0 cm³/mol. The fourth-order valence-electron chi connectivity index (χ4n) is 1.87. The Morgan fingerprint density at radius 3 is 2.83 bits per heavy atom. The molecule has 100 valence electrons. The number of hydrogen-bond donors (Lipinski definition) is 1. The van der Waals surface area contributed by atoms with E-state index in [2.05, 4.69) is 0 Å². The second-order valence-corrected chi connectivity index (χ2v) is 6.11. The first kappa shape index (κ1) is 13.3. The Hall–Kier alpha value is -1.18. The largest absolute Gasteiger partial charge is 0.396 e. The monoisotopic (exact) mass is 274 g/mol. The molecule has 0 bridgehead atoms. The third-order valence-electron chi connectivity index (χ3n) is 2.89. The van der Waals surface area contributed by atoms with Gasteiger partial charge in [0.1, 0.15) is 5.82 Å². The van der Waals surface area contributed by atoms with E-state index < -0.39 is 15.8 Å². The third kappa shape index (κ3) is 2.33. The fraction of sp³-hybridized carbons (Fsp3) is 0.455. The van der Waals surface area contributed by atoms with Gasteiger partial charge in [-0.1, -0.05) is 0 Å². The zero-order valence-corrected chi connectivity index (χ0v) is 10.8. The molecule has 1 aliphatic heterocycles. The number of morpholine rings is 1. The Kier molecular flexibility index (Phi) is 3.56. The molecule has 1 aromatic rings. The van der Waals surface area contributed by atoms with Crippen molar-refractivity contribution in [2.24, 2.45) is 0 Å². The van der Waals surface area contributed by atoms with Gasteiger partial charge in [0.05, 0.1) is 23.8 Å². The molecule has 18 heavy (non-hydrogen) atoms. The molecule has 1 aliphatic rings.